The standard InChI is InChI=1S/C22H21F3N4/c23-22(24,25)19-7-1-5-17(10-19)20-12-27-13-21(28-20)18-6-3-9-29(15-18)14-16-4-2-8-26-11-16/h1-2,4-5,7-8,10-13,18H,3,6,9,14-15H2/t18-/m1/s1. The predicted octanol–water partition coefficient (Wildman–Crippen LogP) is 4.94. The Bertz CT molecular complexity index is 960. The number of hydrogen-bond acceptors (Lipinski definition) is 4. The number of alkyl halides is 3. The van der Waals surface area contributed by atoms with Gasteiger partial charge in [-0.3, -0.25) is 14.9 Å². The molecule has 1 atom stereocenters. The van der Waals surface area contributed by atoms with E-state index in [4.69, 9.17) is 0 Å². The van der Waals surface area contributed by atoms with Crippen molar-refractivity contribution >= 4 is 0 Å². The summed E-state index contributed by atoms with van der Waals surface area (Å²) in [5, 5.41) is 0. The molecule has 0 saturated carbocycles. The third-order valence-corrected chi connectivity index (χ3v) is 5.19. The summed E-state index contributed by atoms with van der Waals surface area (Å²) in [5.74, 6) is 0.207. The molecule has 150 valence electrons. The van der Waals surface area contributed by atoms with Crippen LogP contribution in [0.3, 0.4) is 0 Å². The van der Waals surface area contributed by atoms with E-state index in [2.05, 4.69) is 25.9 Å². The quantitative estimate of drug-likeness (QED) is 0.625. The van der Waals surface area contributed by atoms with Crippen LogP contribution in [0.1, 0.15) is 35.6 Å². The lowest BCUT2D eigenvalue weighted by Crippen LogP contribution is -2.34. The van der Waals surface area contributed by atoms with Gasteiger partial charge in [0.2, 0.25) is 0 Å². The number of piperidine rings is 1. The van der Waals surface area contributed by atoms with Crippen LogP contribution in [0.4, 0.5) is 13.2 Å². The molecule has 0 N–H and O–H groups in total. The molecule has 0 spiro atoms. The Morgan fingerprint density at radius 3 is 2.72 bits per heavy atom. The first-order valence-electron chi connectivity index (χ1n) is 9.60. The van der Waals surface area contributed by atoms with Crippen LogP contribution in [-0.2, 0) is 12.7 Å². The number of hydrogen-bond donors (Lipinski definition) is 0. The first-order chi connectivity index (χ1) is 14.0. The molecule has 1 aliphatic heterocycles. The SMILES string of the molecule is FC(F)(F)c1cccc(-c2cncc([C@@H]3CCCN(Cc4cccnc4)C3)n2)c1. The molecular formula is C22H21F3N4. The molecule has 1 aromatic carbocycles. The van der Waals surface area contributed by atoms with E-state index in [0.717, 1.165) is 55.9 Å². The fourth-order valence-corrected chi connectivity index (χ4v) is 3.76. The van der Waals surface area contributed by atoms with Crippen molar-refractivity contribution < 1.29 is 13.2 Å². The molecule has 1 aliphatic rings. The van der Waals surface area contributed by atoms with Crippen molar-refractivity contribution in [2.24, 2.45) is 0 Å². The normalized spacial score (nSPS) is 18.0. The van der Waals surface area contributed by atoms with Gasteiger partial charge in [-0.1, -0.05) is 18.2 Å². The van der Waals surface area contributed by atoms with Crippen LogP contribution in [0.5, 0.6) is 0 Å². The fraction of sp³-hybridized carbons (Fsp3) is 0.318. The maximum atomic E-state index is 13.0. The maximum absolute atomic E-state index is 13.0. The largest absolute Gasteiger partial charge is 0.416 e. The first-order valence-corrected chi connectivity index (χ1v) is 9.60. The molecular weight excluding hydrogens is 377 g/mol. The molecule has 1 saturated heterocycles. The van der Waals surface area contributed by atoms with Gasteiger partial charge in [0.25, 0.3) is 0 Å². The molecule has 4 nitrogen and oxygen atoms in total. The van der Waals surface area contributed by atoms with E-state index in [1.54, 1.807) is 18.5 Å². The topological polar surface area (TPSA) is 41.9 Å². The van der Waals surface area contributed by atoms with Crippen LogP contribution < -0.4 is 0 Å². The summed E-state index contributed by atoms with van der Waals surface area (Å²) in [6.45, 7) is 2.67. The van der Waals surface area contributed by atoms with Crippen LogP contribution in [-0.4, -0.2) is 32.9 Å². The number of likely N-dealkylation sites (tertiary alicyclic amines) is 1. The molecule has 0 radical (unpaired) electrons. The van der Waals surface area contributed by atoms with Gasteiger partial charge in [0.1, 0.15) is 0 Å². The number of aromatic nitrogens is 3. The van der Waals surface area contributed by atoms with Crippen molar-refractivity contribution in [1.29, 1.82) is 0 Å². The van der Waals surface area contributed by atoms with Gasteiger partial charge in [0.05, 0.1) is 23.1 Å². The van der Waals surface area contributed by atoms with Crippen molar-refractivity contribution in [2.45, 2.75) is 31.5 Å². The average Bonchev–Trinajstić information content (AvgIpc) is 2.74. The van der Waals surface area contributed by atoms with E-state index < -0.39 is 11.7 Å². The molecule has 3 heterocycles. The zero-order valence-electron chi connectivity index (χ0n) is 15.8. The third kappa shape index (κ3) is 4.79. The lowest BCUT2D eigenvalue weighted by atomic mass is 9.94. The Hall–Kier alpha value is -2.80. The van der Waals surface area contributed by atoms with Gasteiger partial charge in [-0.05, 0) is 43.1 Å². The van der Waals surface area contributed by atoms with Crippen molar-refractivity contribution in [3.63, 3.8) is 0 Å². The Labute approximate surface area is 167 Å². The summed E-state index contributed by atoms with van der Waals surface area (Å²) in [6, 6.07) is 9.23. The lowest BCUT2D eigenvalue weighted by Gasteiger charge is -2.32. The number of nitrogens with zero attached hydrogens (tertiary/aromatic N) is 4. The van der Waals surface area contributed by atoms with E-state index in [1.165, 1.54) is 12.3 Å². The molecule has 0 unspecified atom stereocenters. The van der Waals surface area contributed by atoms with Crippen LogP contribution in [0.15, 0.2) is 61.2 Å². The minimum atomic E-state index is -4.38. The van der Waals surface area contributed by atoms with Gasteiger partial charge in [0.15, 0.2) is 0 Å². The molecule has 7 heteroatoms. The molecule has 2 aromatic heterocycles. The van der Waals surface area contributed by atoms with Crippen LogP contribution in [0.25, 0.3) is 11.3 Å². The van der Waals surface area contributed by atoms with E-state index in [0.29, 0.717) is 11.3 Å². The summed E-state index contributed by atoms with van der Waals surface area (Å²) >= 11 is 0. The van der Waals surface area contributed by atoms with Crippen molar-refractivity contribution in [3.8, 4) is 11.3 Å². The summed E-state index contributed by atoms with van der Waals surface area (Å²) < 4.78 is 39.1. The minimum absolute atomic E-state index is 0.207. The van der Waals surface area contributed by atoms with Gasteiger partial charge in [0, 0.05) is 43.2 Å². The van der Waals surface area contributed by atoms with E-state index >= 15 is 0 Å². The van der Waals surface area contributed by atoms with Crippen LogP contribution >= 0.6 is 0 Å². The van der Waals surface area contributed by atoms with Gasteiger partial charge >= 0.3 is 6.18 Å². The average molecular weight is 398 g/mol. The second-order valence-electron chi connectivity index (χ2n) is 7.34. The van der Waals surface area contributed by atoms with Gasteiger partial charge in [-0.2, -0.15) is 13.2 Å². The highest BCUT2D eigenvalue weighted by Crippen LogP contribution is 2.32. The molecule has 0 amide bonds. The Kier molecular flexibility index (Phi) is 5.58. The number of benzene rings is 1. The van der Waals surface area contributed by atoms with Crippen molar-refractivity contribution in [1.82, 2.24) is 19.9 Å². The van der Waals surface area contributed by atoms with Gasteiger partial charge in [-0.15, -0.1) is 0 Å². The predicted molar refractivity (Wildman–Crippen MR) is 104 cm³/mol. The molecule has 29 heavy (non-hydrogen) atoms. The third-order valence-electron chi connectivity index (χ3n) is 5.19. The highest BCUT2D eigenvalue weighted by atomic mass is 19.4. The maximum Gasteiger partial charge on any atom is 0.416 e. The first kappa shape index (κ1) is 19.5. The number of pyridine rings is 1. The summed E-state index contributed by atoms with van der Waals surface area (Å²) in [6.07, 6.45) is 4.54. The van der Waals surface area contributed by atoms with Crippen LogP contribution in [0, 0.1) is 0 Å². The second-order valence-corrected chi connectivity index (χ2v) is 7.34. The van der Waals surface area contributed by atoms with Crippen molar-refractivity contribution in [3.05, 3.63) is 78.0 Å². The fourth-order valence-electron chi connectivity index (χ4n) is 3.76. The highest BCUT2D eigenvalue weighted by molar-refractivity contribution is 5.59. The number of halogens is 3. The molecule has 0 aliphatic carbocycles. The Balaban J connectivity index is 1.53. The van der Waals surface area contributed by atoms with Crippen LogP contribution in [0.2, 0.25) is 0 Å². The van der Waals surface area contributed by atoms with E-state index in [-0.39, 0.29) is 5.92 Å². The number of rotatable bonds is 4. The Morgan fingerprint density at radius 2 is 1.93 bits per heavy atom. The Morgan fingerprint density at radius 1 is 1.03 bits per heavy atom. The zero-order chi connectivity index (χ0) is 20.3. The summed E-state index contributed by atoms with van der Waals surface area (Å²) in [7, 11) is 0. The van der Waals surface area contributed by atoms with E-state index in [9.17, 15) is 13.2 Å². The van der Waals surface area contributed by atoms with Gasteiger partial charge in [-0.25, -0.2) is 4.98 Å². The molecule has 4 rings (SSSR count). The second kappa shape index (κ2) is 8.29. The molecule has 3 aromatic rings. The minimum Gasteiger partial charge on any atom is -0.298 e. The monoisotopic (exact) mass is 398 g/mol. The highest BCUT2D eigenvalue weighted by Gasteiger charge is 2.30. The zero-order valence-corrected chi connectivity index (χ0v) is 15.8. The summed E-state index contributed by atoms with van der Waals surface area (Å²) in [4.78, 5) is 15.5. The molecule has 1 fully saturated rings. The van der Waals surface area contributed by atoms with Crippen molar-refractivity contribution in [2.75, 3.05) is 13.1 Å². The lowest BCUT2D eigenvalue weighted by molar-refractivity contribution is -0.137. The van der Waals surface area contributed by atoms with E-state index in [1.807, 2.05) is 12.3 Å². The van der Waals surface area contributed by atoms with Gasteiger partial charge < -0.3 is 0 Å². The molecule has 0 bridgehead atoms. The smallest absolute Gasteiger partial charge is 0.298 e. The summed E-state index contributed by atoms with van der Waals surface area (Å²) in [5.41, 5.74) is 2.21.